The second kappa shape index (κ2) is 13.4. The second-order valence-electron chi connectivity index (χ2n) is 12.5. The first-order chi connectivity index (χ1) is 20.6. The summed E-state index contributed by atoms with van der Waals surface area (Å²) in [6, 6.07) is 3.63. The number of amides is 2. The molecule has 3 aliphatic rings. The Morgan fingerprint density at radius 2 is 2.02 bits per heavy atom. The molecule has 0 spiro atoms. The maximum atomic E-state index is 13.8. The fourth-order valence-corrected chi connectivity index (χ4v) is 6.70. The fourth-order valence-electron chi connectivity index (χ4n) is 5.94. The van der Waals surface area contributed by atoms with E-state index in [1.54, 1.807) is 34.9 Å². The number of carbonyl (C=O) groups excluding carboxylic acids is 3. The molecular weight excluding hydrogens is 608 g/mol. The zero-order chi connectivity index (χ0) is 32.6. The minimum absolute atomic E-state index is 0.180. The molecule has 0 aromatic heterocycles. The number of aliphatic hydroxyl groups excluding tert-OH is 1. The van der Waals surface area contributed by atoms with Gasteiger partial charge in [0.2, 0.25) is 5.91 Å². The summed E-state index contributed by atoms with van der Waals surface area (Å²) < 4.78 is 23.6. The van der Waals surface area contributed by atoms with E-state index in [4.69, 9.17) is 43.2 Å². The smallest absolute Gasteiger partial charge is 0.408 e. The number of nitrogens with one attached hydrogen (secondary N) is 1. The van der Waals surface area contributed by atoms with Gasteiger partial charge in [0, 0.05) is 26.5 Å². The van der Waals surface area contributed by atoms with Crippen LogP contribution in [0, 0.1) is 11.8 Å². The molecule has 4 bridgehead atoms. The quantitative estimate of drug-likeness (QED) is 0.242. The van der Waals surface area contributed by atoms with Gasteiger partial charge in [-0.15, -0.1) is 12.6 Å². The zero-order valence-electron chi connectivity index (χ0n) is 26.3. The lowest BCUT2D eigenvalue weighted by molar-refractivity contribution is -0.157. The number of carbonyl (C=O) groups is 3. The number of aliphatic hydroxyl groups is 1. The van der Waals surface area contributed by atoms with E-state index in [0.717, 1.165) is 11.1 Å². The Morgan fingerprint density at radius 3 is 2.66 bits per heavy atom. The van der Waals surface area contributed by atoms with Crippen molar-refractivity contribution in [2.75, 3.05) is 19.1 Å². The van der Waals surface area contributed by atoms with Crippen LogP contribution >= 0.6 is 24.2 Å². The van der Waals surface area contributed by atoms with Crippen molar-refractivity contribution in [3.63, 3.8) is 0 Å². The minimum Gasteiger partial charge on any atom is -0.458 e. The summed E-state index contributed by atoms with van der Waals surface area (Å²) in [5, 5.41) is 13.1. The first-order valence-corrected chi connectivity index (χ1v) is 15.6. The predicted octanol–water partition coefficient (Wildman–Crippen LogP) is 4.74. The first-order valence-electron chi connectivity index (χ1n) is 14.8. The number of ether oxygens (including phenoxy) is 4. The van der Waals surface area contributed by atoms with Crippen molar-refractivity contribution >= 4 is 47.9 Å². The number of anilines is 1. The Bertz CT molecular complexity index is 1350. The summed E-state index contributed by atoms with van der Waals surface area (Å²) in [5.41, 5.74) is 1.73. The van der Waals surface area contributed by atoms with Gasteiger partial charge in [-0.05, 0) is 37.5 Å². The first kappa shape index (κ1) is 34.3. The Morgan fingerprint density at radius 1 is 1.32 bits per heavy atom. The van der Waals surface area contributed by atoms with Crippen molar-refractivity contribution < 1.29 is 38.4 Å². The molecule has 242 valence electrons. The normalized spacial score (nSPS) is 34.8. The molecular formula is C32H43ClN2O8S. The molecule has 2 saturated heterocycles. The highest BCUT2D eigenvalue weighted by atomic mass is 35.5. The molecule has 1 aromatic carbocycles. The predicted molar refractivity (Wildman–Crippen MR) is 170 cm³/mol. The highest BCUT2D eigenvalue weighted by molar-refractivity contribution is 7.81. The van der Waals surface area contributed by atoms with Crippen molar-refractivity contribution in [1.82, 2.24) is 5.32 Å². The van der Waals surface area contributed by atoms with Crippen LogP contribution in [0.1, 0.15) is 58.6 Å². The summed E-state index contributed by atoms with van der Waals surface area (Å²) in [4.78, 5) is 39.7. The van der Waals surface area contributed by atoms with Crippen molar-refractivity contribution in [2.45, 2.75) is 95.4 Å². The Kier molecular flexibility index (Phi) is 10.5. The zero-order valence-corrected chi connectivity index (χ0v) is 27.9. The number of hydrogen-bond donors (Lipinski definition) is 3. The Hall–Kier alpha value is -2.57. The van der Waals surface area contributed by atoms with E-state index in [-0.39, 0.29) is 29.9 Å². The van der Waals surface area contributed by atoms with E-state index < -0.39 is 52.9 Å². The maximum absolute atomic E-state index is 13.8. The average Bonchev–Trinajstić information content (AvgIpc) is 3.66. The number of epoxide rings is 1. The van der Waals surface area contributed by atoms with Crippen molar-refractivity contribution in [3.05, 3.63) is 52.1 Å². The number of benzene rings is 1. The van der Waals surface area contributed by atoms with Gasteiger partial charge in [-0.3, -0.25) is 9.59 Å². The average molecular weight is 651 g/mol. The van der Waals surface area contributed by atoms with E-state index >= 15 is 0 Å². The molecule has 2 fully saturated rings. The van der Waals surface area contributed by atoms with Crippen molar-refractivity contribution in [3.8, 4) is 0 Å². The van der Waals surface area contributed by atoms with Crippen molar-refractivity contribution in [1.29, 1.82) is 0 Å². The van der Waals surface area contributed by atoms with Crippen LogP contribution in [-0.4, -0.2) is 72.1 Å². The molecule has 0 unspecified atom stereocenters. The van der Waals surface area contributed by atoms with Crippen LogP contribution < -0.4 is 10.2 Å². The van der Waals surface area contributed by atoms with Crippen LogP contribution in [0.25, 0.3) is 0 Å². The van der Waals surface area contributed by atoms with Gasteiger partial charge in [0.15, 0.2) is 0 Å². The topological polar surface area (TPSA) is 127 Å². The van der Waals surface area contributed by atoms with Gasteiger partial charge in [0.05, 0.1) is 35.8 Å². The van der Waals surface area contributed by atoms with E-state index in [9.17, 15) is 19.5 Å². The molecule has 1 aromatic rings. The van der Waals surface area contributed by atoms with Gasteiger partial charge >= 0.3 is 12.1 Å². The van der Waals surface area contributed by atoms with E-state index in [1.807, 2.05) is 44.2 Å². The van der Waals surface area contributed by atoms with Gasteiger partial charge in [-0.1, -0.05) is 62.2 Å². The van der Waals surface area contributed by atoms with Crippen LogP contribution in [-0.2, 0) is 41.6 Å². The molecule has 0 aliphatic carbocycles. The number of methoxy groups -OCH3 is 1. The van der Waals surface area contributed by atoms with Gasteiger partial charge in [0.1, 0.15) is 28.8 Å². The molecule has 2 amide bonds. The summed E-state index contributed by atoms with van der Waals surface area (Å²) in [6.45, 7) is 8.79. The van der Waals surface area contributed by atoms with Crippen LogP contribution in [0.3, 0.4) is 0 Å². The molecule has 3 aliphatic heterocycles. The number of thiol groups is 1. The van der Waals surface area contributed by atoms with E-state index in [0.29, 0.717) is 24.1 Å². The number of halogens is 1. The third-order valence-electron chi connectivity index (χ3n) is 8.74. The third kappa shape index (κ3) is 7.12. The molecule has 44 heavy (non-hydrogen) atoms. The molecule has 3 heterocycles. The molecule has 0 saturated carbocycles. The number of rotatable bonds is 4. The van der Waals surface area contributed by atoms with Gasteiger partial charge in [0.25, 0.3) is 0 Å². The fraction of sp³-hybridized carbons (Fsp3) is 0.594. The number of fused-ring (bicyclic) bond motifs is 5. The number of hydrogen-bond acceptors (Lipinski definition) is 9. The maximum Gasteiger partial charge on any atom is 0.408 e. The largest absolute Gasteiger partial charge is 0.458 e. The number of alkyl carbamates (subject to hydrolysis) is 1. The molecule has 4 rings (SSSR count). The van der Waals surface area contributed by atoms with Crippen LogP contribution in [0.2, 0.25) is 5.02 Å². The number of nitrogens with zero attached hydrogens (tertiary/aromatic N) is 1. The second-order valence-corrected chi connectivity index (χ2v) is 13.7. The molecule has 0 radical (unpaired) electrons. The molecule has 12 heteroatoms. The monoisotopic (exact) mass is 650 g/mol. The Labute approximate surface area is 269 Å². The van der Waals surface area contributed by atoms with Crippen LogP contribution in [0.5, 0.6) is 0 Å². The van der Waals surface area contributed by atoms with Crippen molar-refractivity contribution in [2.24, 2.45) is 11.8 Å². The summed E-state index contributed by atoms with van der Waals surface area (Å²) in [6.07, 6.45) is 2.99. The van der Waals surface area contributed by atoms with Crippen LogP contribution in [0.15, 0.2) is 35.9 Å². The number of esters is 1. The van der Waals surface area contributed by atoms with E-state index in [2.05, 4.69) is 5.32 Å². The standard InChI is InChI=1S/C32H43ClN2O8S/c1-17(2)29(38)42-25-14-26(37)35(6)22-13-20(12-21(16-36)27(22)33)11-18(3)9-8-10-24(40-7)32(44)15-23(41-30(39)34-32)19(4)28-31(25,5)43-28/h8-10,12-13,17,19,23-25,28,36,44H,11,14-16H2,1-7H3,(H,34,39)/b10-8+,18-9+/t19-,23+,24-,25+,28+,31+,32+/m1/s1. The summed E-state index contributed by atoms with van der Waals surface area (Å²) >= 11 is 11.5. The van der Waals surface area contributed by atoms with E-state index in [1.165, 1.54) is 4.90 Å². The van der Waals surface area contributed by atoms with Gasteiger partial charge in [-0.25, -0.2) is 4.79 Å². The van der Waals surface area contributed by atoms with Gasteiger partial charge < -0.3 is 34.3 Å². The molecule has 7 atom stereocenters. The SMILES string of the molecule is CO[C@@H]1/C=C/C=C(\C)Cc2cc(CO)c(Cl)c(c2)N(C)C(=O)C[C@H](OC(=O)C(C)C)[C@]2(C)O[C@H]2[C@H](C)[C@@H]2C[C@@]1(S)NC(=O)O2. The molecule has 10 nitrogen and oxygen atoms in total. The lowest BCUT2D eigenvalue weighted by atomic mass is 9.84. The lowest BCUT2D eigenvalue weighted by Crippen LogP contribution is -2.60. The summed E-state index contributed by atoms with van der Waals surface area (Å²) in [5.74, 6) is -1.58. The minimum atomic E-state index is -1.08. The summed E-state index contributed by atoms with van der Waals surface area (Å²) in [7, 11) is 3.15. The number of allylic oxidation sites excluding steroid dienone is 3. The highest BCUT2D eigenvalue weighted by Crippen LogP contribution is 2.49. The lowest BCUT2D eigenvalue weighted by Gasteiger charge is -2.42. The van der Waals surface area contributed by atoms with Crippen LogP contribution in [0.4, 0.5) is 10.5 Å². The van der Waals surface area contributed by atoms with Gasteiger partial charge in [-0.2, -0.15) is 0 Å². The highest BCUT2D eigenvalue weighted by Gasteiger charge is 2.64. The third-order valence-corrected chi connectivity index (χ3v) is 9.72. The Balaban J connectivity index is 1.80. The molecule has 2 N–H and O–H groups in total.